The lowest BCUT2D eigenvalue weighted by molar-refractivity contribution is -0.123. The van der Waals surface area contributed by atoms with Crippen LogP contribution in [0.5, 0.6) is 5.75 Å². The van der Waals surface area contributed by atoms with Crippen molar-refractivity contribution >= 4 is 28.8 Å². The molecule has 1 aromatic heterocycles. The second-order valence-corrected chi connectivity index (χ2v) is 7.40. The molecule has 0 aliphatic heterocycles. The van der Waals surface area contributed by atoms with E-state index in [1.54, 1.807) is 30.3 Å². The van der Waals surface area contributed by atoms with Crippen molar-refractivity contribution in [3.63, 3.8) is 0 Å². The quantitative estimate of drug-likeness (QED) is 0.623. The Hall–Kier alpha value is -2.44. The molecular weight excluding hydrogens is 387 g/mol. The predicted octanol–water partition coefficient (Wildman–Crippen LogP) is 4.65. The minimum absolute atomic E-state index is 0.0577. The third-order valence-electron chi connectivity index (χ3n) is 3.82. The predicted molar refractivity (Wildman–Crippen MR) is 106 cm³/mol. The summed E-state index contributed by atoms with van der Waals surface area (Å²) in [6.07, 6.45) is 0.658. The molecule has 4 nitrogen and oxygen atoms in total. The lowest BCUT2D eigenvalue weighted by atomic mass is 10.2. The van der Waals surface area contributed by atoms with Gasteiger partial charge in [-0.25, -0.2) is 9.37 Å². The Labute approximate surface area is 166 Å². The number of rotatable bonds is 7. The van der Waals surface area contributed by atoms with Crippen molar-refractivity contribution in [2.45, 2.75) is 13.3 Å². The molecule has 0 spiro atoms. The first-order chi connectivity index (χ1) is 13.0. The molecule has 27 heavy (non-hydrogen) atoms. The van der Waals surface area contributed by atoms with E-state index in [1.807, 2.05) is 13.0 Å². The summed E-state index contributed by atoms with van der Waals surface area (Å²) >= 11 is 7.32. The lowest BCUT2D eigenvalue weighted by Gasteiger charge is -2.07. The van der Waals surface area contributed by atoms with Gasteiger partial charge in [0.1, 0.15) is 16.6 Å². The van der Waals surface area contributed by atoms with Gasteiger partial charge in [0.2, 0.25) is 0 Å². The zero-order valence-corrected chi connectivity index (χ0v) is 16.2. The van der Waals surface area contributed by atoms with Gasteiger partial charge in [0.25, 0.3) is 5.91 Å². The fraction of sp³-hybridized carbons (Fsp3) is 0.200. The molecule has 3 rings (SSSR count). The maximum absolute atomic E-state index is 13.4. The molecule has 0 unspecified atom stereocenters. The van der Waals surface area contributed by atoms with E-state index in [4.69, 9.17) is 16.3 Å². The third kappa shape index (κ3) is 5.52. The Kier molecular flexibility index (Phi) is 6.42. The zero-order valence-electron chi connectivity index (χ0n) is 14.7. The Morgan fingerprint density at radius 2 is 2.04 bits per heavy atom. The van der Waals surface area contributed by atoms with Crippen LogP contribution >= 0.6 is 22.9 Å². The summed E-state index contributed by atoms with van der Waals surface area (Å²) in [4.78, 5) is 17.5. The van der Waals surface area contributed by atoms with Gasteiger partial charge in [0.15, 0.2) is 6.61 Å². The minimum Gasteiger partial charge on any atom is -0.484 e. The lowest BCUT2D eigenvalue weighted by Crippen LogP contribution is -2.30. The number of ether oxygens (including phenoxy) is 1. The van der Waals surface area contributed by atoms with Crippen molar-refractivity contribution in [2.24, 2.45) is 0 Å². The van der Waals surface area contributed by atoms with Crippen LogP contribution in [0.3, 0.4) is 0 Å². The van der Waals surface area contributed by atoms with Crippen LogP contribution in [0, 0.1) is 12.7 Å². The summed E-state index contributed by atoms with van der Waals surface area (Å²) in [5.74, 6) is 0.111. The number of nitrogens with one attached hydrogen (secondary N) is 1. The number of hydrogen-bond acceptors (Lipinski definition) is 4. The monoisotopic (exact) mass is 404 g/mol. The summed E-state index contributed by atoms with van der Waals surface area (Å²) in [5.41, 5.74) is 1.65. The molecule has 0 aliphatic carbocycles. The van der Waals surface area contributed by atoms with E-state index >= 15 is 0 Å². The van der Waals surface area contributed by atoms with Gasteiger partial charge in [-0.05, 0) is 43.3 Å². The van der Waals surface area contributed by atoms with Crippen LogP contribution in [-0.2, 0) is 11.2 Å². The number of carbonyl (C=O) groups is 1. The summed E-state index contributed by atoms with van der Waals surface area (Å²) in [6.45, 7) is 2.34. The smallest absolute Gasteiger partial charge is 0.257 e. The highest BCUT2D eigenvalue weighted by molar-refractivity contribution is 7.15. The van der Waals surface area contributed by atoms with Crippen LogP contribution < -0.4 is 10.1 Å². The van der Waals surface area contributed by atoms with Gasteiger partial charge in [0, 0.05) is 28.4 Å². The number of aromatic nitrogens is 1. The van der Waals surface area contributed by atoms with E-state index in [0.29, 0.717) is 23.7 Å². The molecule has 7 heteroatoms. The highest BCUT2D eigenvalue weighted by atomic mass is 35.5. The highest BCUT2D eigenvalue weighted by Gasteiger charge is 2.11. The fourth-order valence-electron chi connectivity index (χ4n) is 2.45. The molecule has 0 saturated heterocycles. The van der Waals surface area contributed by atoms with Crippen LogP contribution in [0.4, 0.5) is 4.39 Å². The Morgan fingerprint density at radius 3 is 2.78 bits per heavy atom. The molecule has 0 aliphatic rings. The Morgan fingerprint density at radius 1 is 1.26 bits per heavy atom. The topological polar surface area (TPSA) is 51.2 Å². The molecule has 0 bridgehead atoms. The number of nitrogens with zero attached hydrogens (tertiary/aromatic N) is 1. The summed E-state index contributed by atoms with van der Waals surface area (Å²) in [7, 11) is 0. The summed E-state index contributed by atoms with van der Waals surface area (Å²) in [6, 6.07) is 13.2. The van der Waals surface area contributed by atoms with Gasteiger partial charge in [-0.1, -0.05) is 23.7 Å². The number of thiazole rings is 1. The van der Waals surface area contributed by atoms with Crippen molar-refractivity contribution in [2.75, 3.05) is 13.2 Å². The largest absolute Gasteiger partial charge is 0.484 e. The van der Waals surface area contributed by atoms with Gasteiger partial charge < -0.3 is 10.1 Å². The molecule has 0 atom stereocenters. The molecule has 0 fully saturated rings. The first-order valence-corrected chi connectivity index (χ1v) is 9.58. The maximum Gasteiger partial charge on any atom is 0.257 e. The summed E-state index contributed by atoms with van der Waals surface area (Å²) < 4.78 is 18.8. The van der Waals surface area contributed by atoms with Crippen molar-refractivity contribution in [3.8, 4) is 16.3 Å². The van der Waals surface area contributed by atoms with Crippen LogP contribution in [0.2, 0.25) is 5.02 Å². The van der Waals surface area contributed by atoms with Crippen molar-refractivity contribution in [1.82, 2.24) is 10.3 Å². The minimum atomic E-state index is -0.283. The molecule has 2 aromatic carbocycles. The molecular formula is C20H18ClFN2O2S. The number of hydrogen-bond donors (Lipinski definition) is 1. The van der Waals surface area contributed by atoms with E-state index in [0.717, 1.165) is 21.1 Å². The molecule has 1 amide bonds. The zero-order chi connectivity index (χ0) is 19.2. The number of amides is 1. The van der Waals surface area contributed by atoms with E-state index in [9.17, 15) is 9.18 Å². The van der Waals surface area contributed by atoms with Gasteiger partial charge in [0.05, 0.1) is 5.69 Å². The number of halogens is 2. The standard InChI is InChI=1S/C20H18ClFN2O2S/c1-13-18(27-20(24-13)14-3-2-4-16(22)11-14)9-10-23-19(25)12-26-17-7-5-15(21)6-8-17/h2-8,11H,9-10,12H2,1H3,(H,23,25). The highest BCUT2D eigenvalue weighted by Crippen LogP contribution is 2.28. The molecule has 1 heterocycles. The van der Waals surface area contributed by atoms with Crippen molar-refractivity contribution < 1.29 is 13.9 Å². The number of aryl methyl sites for hydroxylation is 1. The van der Waals surface area contributed by atoms with Crippen LogP contribution in [0.15, 0.2) is 48.5 Å². The normalized spacial score (nSPS) is 10.6. The second-order valence-electron chi connectivity index (χ2n) is 5.88. The van der Waals surface area contributed by atoms with E-state index < -0.39 is 0 Å². The number of carbonyl (C=O) groups excluding carboxylic acids is 1. The van der Waals surface area contributed by atoms with E-state index in [2.05, 4.69) is 10.3 Å². The maximum atomic E-state index is 13.4. The van der Waals surface area contributed by atoms with Crippen LogP contribution in [-0.4, -0.2) is 24.0 Å². The van der Waals surface area contributed by atoms with Crippen molar-refractivity contribution in [3.05, 3.63) is 69.9 Å². The van der Waals surface area contributed by atoms with E-state index in [-0.39, 0.29) is 18.3 Å². The van der Waals surface area contributed by atoms with Crippen LogP contribution in [0.1, 0.15) is 10.6 Å². The van der Waals surface area contributed by atoms with Crippen LogP contribution in [0.25, 0.3) is 10.6 Å². The average molecular weight is 405 g/mol. The first kappa shape index (κ1) is 19.3. The molecule has 3 aromatic rings. The Bertz CT molecular complexity index is 928. The average Bonchev–Trinajstić information content (AvgIpc) is 3.02. The number of benzene rings is 2. The SMILES string of the molecule is Cc1nc(-c2cccc(F)c2)sc1CCNC(=O)COc1ccc(Cl)cc1. The molecule has 140 valence electrons. The van der Waals surface area contributed by atoms with Crippen molar-refractivity contribution in [1.29, 1.82) is 0 Å². The third-order valence-corrected chi connectivity index (χ3v) is 5.34. The summed E-state index contributed by atoms with van der Waals surface area (Å²) in [5, 5.41) is 4.22. The fourth-order valence-corrected chi connectivity index (χ4v) is 3.64. The van der Waals surface area contributed by atoms with E-state index in [1.165, 1.54) is 23.5 Å². The van der Waals surface area contributed by atoms with Gasteiger partial charge in [-0.15, -0.1) is 11.3 Å². The van der Waals surface area contributed by atoms with Gasteiger partial charge >= 0.3 is 0 Å². The Balaban J connectivity index is 1.48. The molecule has 0 saturated carbocycles. The second kappa shape index (κ2) is 8.97. The first-order valence-electron chi connectivity index (χ1n) is 8.38. The molecule has 0 radical (unpaired) electrons. The molecule has 1 N–H and O–H groups in total. The van der Waals surface area contributed by atoms with Gasteiger partial charge in [-0.2, -0.15) is 0 Å². The van der Waals surface area contributed by atoms with Gasteiger partial charge in [-0.3, -0.25) is 4.79 Å².